The average molecular weight is 361 g/mol. The molecule has 0 aliphatic carbocycles. The summed E-state index contributed by atoms with van der Waals surface area (Å²) in [5, 5.41) is 9.30. The molecule has 2 aromatic carbocycles. The number of anilines is 4. The van der Waals surface area contributed by atoms with Crippen molar-refractivity contribution in [1.82, 2.24) is 9.97 Å². The molecule has 27 heavy (non-hydrogen) atoms. The zero-order valence-corrected chi connectivity index (χ0v) is 15.7. The van der Waals surface area contributed by atoms with E-state index in [-0.39, 0.29) is 5.91 Å². The molecule has 0 unspecified atom stereocenters. The molecular weight excluding hydrogens is 338 g/mol. The zero-order valence-electron chi connectivity index (χ0n) is 15.7. The molecule has 0 spiro atoms. The van der Waals surface area contributed by atoms with Crippen molar-refractivity contribution in [2.45, 2.75) is 27.3 Å². The van der Waals surface area contributed by atoms with Gasteiger partial charge in [0.25, 0.3) is 0 Å². The summed E-state index contributed by atoms with van der Waals surface area (Å²) in [7, 11) is 0. The maximum absolute atomic E-state index is 11.1. The van der Waals surface area contributed by atoms with E-state index in [4.69, 9.17) is 0 Å². The monoisotopic (exact) mass is 361 g/mol. The van der Waals surface area contributed by atoms with Gasteiger partial charge in [0.05, 0.1) is 0 Å². The van der Waals surface area contributed by atoms with Crippen LogP contribution in [0.25, 0.3) is 0 Å². The normalized spacial score (nSPS) is 10.3. The van der Waals surface area contributed by atoms with Gasteiger partial charge in [-0.1, -0.05) is 24.3 Å². The van der Waals surface area contributed by atoms with Crippen molar-refractivity contribution >= 4 is 29.0 Å². The molecular formula is C21H23N5O. The SMILES string of the molecule is CC(=O)Nc1ccc(Nc2nc(C)cc(NCc3ccccc3C)n2)cc1. The zero-order chi connectivity index (χ0) is 19.2. The summed E-state index contributed by atoms with van der Waals surface area (Å²) in [4.78, 5) is 20.1. The van der Waals surface area contributed by atoms with Gasteiger partial charge in [-0.2, -0.15) is 4.98 Å². The lowest BCUT2D eigenvalue weighted by molar-refractivity contribution is -0.114. The number of aromatic nitrogens is 2. The van der Waals surface area contributed by atoms with E-state index < -0.39 is 0 Å². The van der Waals surface area contributed by atoms with E-state index in [0.29, 0.717) is 12.5 Å². The lowest BCUT2D eigenvalue weighted by Gasteiger charge is -2.11. The Bertz CT molecular complexity index is 938. The van der Waals surface area contributed by atoms with Crippen LogP contribution in [0.4, 0.5) is 23.1 Å². The smallest absolute Gasteiger partial charge is 0.229 e. The number of benzene rings is 2. The minimum atomic E-state index is -0.0953. The van der Waals surface area contributed by atoms with E-state index in [1.165, 1.54) is 18.1 Å². The second-order valence-electron chi connectivity index (χ2n) is 6.38. The van der Waals surface area contributed by atoms with E-state index in [1.54, 1.807) is 0 Å². The van der Waals surface area contributed by atoms with E-state index >= 15 is 0 Å². The highest BCUT2D eigenvalue weighted by molar-refractivity contribution is 5.88. The fraction of sp³-hybridized carbons (Fsp3) is 0.190. The third-order valence-corrected chi connectivity index (χ3v) is 4.04. The van der Waals surface area contributed by atoms with Crippen LogP contribution in [0.2, 0.25) is 0 Å². The maximum atomic E-state index is 11.1. The predicted molar refractivity (Wildman–Crippen MR) is 109 cm³/mol. The van der Waals surface area contributed by atoms with Gasteiger partial charge in [0.15, 0.2) is 0 Å². The second-order valence-corrected chi connectivity index (χ2v) is 6.38. The van der Waals surface area contributed by atoms with Gasteiger partial charge < -0.3 is 16.0 Å². The molecule has 1 aromatic heterocycles. The van der Waals surface area contributed by atoms with Gasteiger partial charge in [0, 0.05) is 36.6 Å². The van der Waals surface area contributed by atoms with Crippen LogP contribution in [0, 0.1) is 13.8 Å². The van der Waals surface area contributed by atoms with Crippen molar-refractivity contribution < 1.29 is 4.79 Å². The van der Waals surface area contributed by atoms with E-state index in [2.05, 4.69) is 45.0 Å². The first-order chi connectivity index (χ1) is 13.0. The summed E-state index contributed by atoms with van der Waals surface area (Å²) in [5.41, 5.74) is 4.94. The number of rotatable bonds is 6. The van der Waals surface area contributed by atoms with E-state index in [0.717, 1.165) is 22.9 Å². The molecule has 0 atom stereocenters. The Morgan fingerprint density at radius 3 is 2.37 bits per heavy atom. The van der Waals surface area contributed by atoms with Crippen molar-refractivity contribution in [3.63, 3.8) is 0 Å². The van der Waals surface area contributed by atoms with Crippen molar-refractivity contribution in [3.8, 4) is 0 Å². The van der Waals surface area contributed by atoms with Gasteiger partial charge in [0.2, 0.25) is 11.9 Å². The van der Waals surface area contributed by atoms with Crippen molar-refractivity contribution in [1.29, 1.82) is 0 Å². The van der Waals surface area contributed by atoms with E-state index in [1.807, 2.05) is 49.4 Å². The lowest BCUT2D eigenvalue weighted by Crippen LogP contribution is -2.07. The van der Waals surface area contributed by atoms with Crippen molar-refractivity contribution in [3.05, 3.63) is 71.4 Å². The van der Waals surface area contributed by atoms with Gasteiger partial charge in [-0.3, -0.25) is 4.79 Å². The highest BCUT2D eigenvalue weighted by Gasteiger charge is 2.05. The van der Waals surface area contributed by atoms with Crippen LogP contribution < -0.4 is 16.0 Å². The summed E-state index contributed by atoms with van der Waals surface area (Å²) in [6.45, 7) is 6.22. The van der Waals surface area contributed by atoms with Gasteiger partial charge in [-0.15, -0.1) is 0 Å². The molecule has 1 amide bonds. The average Bonchev–Trinajstić information content (AvgIpc) is 2.62. The molecule has 1 heterocycles. The third kappa shape index (κ3) is 5.28. The maximum Gasteiger partial charge on any atom is 0.229 e. The number of amides is 1. The molecule has 0 bridgehead atoms. The van der Waals surface area contributed by atoms with Crippen LogP contribution in [0.5, 0.6) is 0 Å². The highest BCUT2D eigenvalue weighted by Crippen LogP contribution is 2.19. The largest absolute Gasteiger partial charge is 0.366 e. The van der Waals surface area contributed by atoms with Crippen LogP contribution in [0.3, 0.4) is 0 Å². The minimum Gasteiger partial charge on any atom is -0.366 e. The predicted octanol–water partition coefficient (Wildman–Crippen LogP) is 4.41. The fourth-order valence-corrected chi connectivity index (χ4v) is 2.68. The standard InChI is InChI=1S/C21H23N5O/c1-14-6-4-5-7-17(14)13-22-20-12-15(2)23-21(26-20)25-19-10-8-18(9-11-19)24-16(3)27/h4-12H,13H2,1-3H3,(H,24,27)(H2,22,23,25,26). The van der Waals surface area contributed by atoms with Gasteiger partial charge in [-0.05, 0) is 49.2 Å². The number of carbonyl (C=O) groups is 1. The summed E-state index contributed by atoms with van der Waals surface area (Å²) in [6.07, 6.45) is 0. The molecule has 0 radical (unpaired) electrons. The first-order valence-corrected chi connectivity index (χ1v) is 8.78. The molecule has 0 saturated carbocycles. The van der Waals surface area contributed by atoms with Crippen LogP contribution in [-0.4, -0.2) is 15.9 Å². The number of nitrogens with one attached hydrogen (secondary N) is 3. The quantitative estimate of drug-likeness (QED) is 0.606. The summed E-state index contributed by atoms with van der Waals surface area (Å²) < 4.78 is 0. The number of aryl methyl sites for hydroxylation is 2. The molecule has 6 nitrogen and oxygen atoms in total. The summed E-state index contributed by atoms with van der Waals surface area (Å²) >= 11 is 0. The first-order valence-electron chi connectivity index (χ1n) is 8.78. The Hall–Kier alpha value is -3.41. The molecule has 0 aliphatic rings. The minimum absolute atomic E-state index is 0.0953. The van der Waals surface area contributed by atoms with Gasteiger partial charge in [-0.25, -0.2) is 4.98 Å². The molecule has 138 valence electrons. The first kappa shape index (κ1) is 18.4. The Morgan fingerprint density at radius 1 is 0.963 bits per heavy atom. The Morgan fingerprint density at radius 2 is 1.67 bits per heavy atom. The number of hydrogen-bond acceptors (Lipinski definition) is 5. The van der Waals surface area contributed by atoms with Crippen LogP contribution in [-0.2, 0) is 11.3 Å². The number of carbonyl (C=O) groups excluding carboxylic acids is 1. The van der Waals surface area contributed by atoms with Crippen LogP contribution in [0.15, 0.2) is 54.6 Å². The number of hydrogen-bond donors (Lipinski definition) is 3. The summed E-state index contributed by atoms with van der Waals surface area (Å²) in [6, 6.07) is 17.6. The van der Waals surface area contributed by atoms with Crippen LogP contribution >= 0.6 is 0 Å². The topological polar surface area (TPSA) is 78.9 Å². The Labute approximate surface area is 159 Å². The van der Waals surface area contributed by atoms with Gasteiger partial charge >= 0.3 is 0 Å². The molecule has 0 fully saturated rings. The van der Waals surface area contributed by atoms with Crippen LogP contribution in [0.1, 0.15) is 23.7 Å². The second kappa shape index (κ2) is 8.31. The van der Waals surface area contributed by atoms with Crippen molar-refractivity contribution in [2.75, 3.05) is 16.0 Å². The van der Waals surface area contributed by atoms with Gasteiger partial charge in [0.1, 0.15) is 5.82 Å². The highest BCUT2D eigenvalue weighted by atomic mass is 16.1. The Balaban J connectivity index is 1.69. The molecule has 0 aliphatic heterocycles. The summed E-state index contributed by atoms with van der Waals surface area (Å²) in [5.74, 6) is 1.19. The molecule has 3 rings (SSSR count). The molecule has 0 saturated heterocycles. The lowest BCUT2D eigenvalue weighted by atomic mass is 10.1. The third-order valence-electron chi connectivity index (χ3n) is 4.04. The fourth-order valence-electron chi connectivity index (χ4n) is 2.68. The number of nitrogens with zero attached hydrogens (tertiary/aromatic N) is 2. The Kier molecular flexibility index (Phi) is 5.66. The molecule has 6 heteroatoms. The molecule has 3 N–H and O–H groups in total. The van der Waals surface area contributed by atoms with Crippen molar-refractivity contribution in [2.24, 2.45) is 0 Å². The van der Waals surface area contributed by atoms with E-state index in [9.17, 15) is 4.79 Å². The molecule has 3 aromatic rings.